The molecule has 6 N–H and O–H groups in total. The normalized spacial score (nSPS) is 10.6. The van der Waals surface area contributed by atoms with Crippen molar-refractivity contribution in [2.24, 2.45) is 5.73 Å². The van der Waals surface area contributed by atoms with Gasteiger partial charge >= 0.3 is 11.9 Å². The molecule has 0 aromatic heterocycles. The highest BCUT2D eigenvalue weighted by Crippen LogP contribution is 2.28. The Morgan fingerprint density at radius 2 is 1.53 bits per heavy atom. The van der Waals surface area contributed by atoms with Crippen LogP contribution in [0.2, 0.25) is 0 Å². The van der Waals surface area contributed by atoms with E-state index >= 15 is 0 Å². The molecular formula is C19H22ClN3O8S. The van der Waals surface area contributed by atoms with Crippen molar-refractivity contribution in [1.29, 1.82) is 5.41 Å². The molecule has 0 atom stereocenters. The van der Waals surface area contributed by atoms with Gasteiger partial charge in [-0.3, -0.25) is 5.41 Å². The van der Waals surface area contributed by atoms with Crippen LogP contribution in [0, 0.1) is 5.41 Å². The van der Waals surface area contributed by atoms with E-state index in [-0.39, 0.29) is 47.6 Å². The summed E-state index contributed by atoms with van der Waals surface area (Å²) in [6.07, 6.45) is 0.243. The number of hydrogen-bond acceptors (Lipinski definition) is 7. The van der Waals surface area contributed by atoms with E-state index in [0.717, 1.165) is 0 Å². The smallest absolute Gasteiger partial charge is 0.341 e. The zero-order valence-electron chi connectivity index (χ0n) is 16.6. The molecule has 0 saturated heterocycles. The largest absolute Gasteiger partial charge is 0.479 e. The average molecular weight is 488 g/mol. The summed E-state index contributed by atoms with van der Waals surface area (Å²) in [4.78, 5) is 21.4. The molecule has 0 radical (unpaired) electrons. The van der Waals surface area contributed by atoms with Crippen LogP contribution in [0.3, 0.4) is 0 Å². The summed E-state index contributed by atoms with van der Waals surface area (Å²) in [6.45, 7) is -1.26. The Morgan fingerprint density at radius 3 is 2.06 bits per heavy atom. The Balaban J connectivity index is 0.00000512. The number of carbonyl (C=O) groups is 2. The highest BCUT2D eigenvalue weighted by molar-refractivity contribution is 7.89. The van der Waals surface area contributed by atoms with Crippen LogP contribution in [-0.2, 0) is 26.0 Å². The number of benzene rings is 2. The number of carboxylic acids is 2. The molecule has 0 amide bonds. The summed E-state index contributed by atoms with van der Waals surface area (Å²) in [7, 11) is -3.79. The van der Waals surface area contributed by atoms with Crippen LogP contribution in [0.15, 0.2) is 47.4 Å². The monoisotopic (exact) mass is 487 g/mol. The van der Waals surface area contributed by atoms with Gasteiger partial charge in [0.25, 0.3) is 0 Å². The molecule has 13 heteroatoms. The highest BCUT2D eigenvalue weighted by atomic mass is 35.5. The number of halogens is 1. The van der Waals surface area contributed by atoms with Crippen molar-refractivity contribution in [3.63, 3.8) is 0 Å². The first kappa shape index (κ1) is 26.7. The molecule has 174 valence electrons. The molecule has 2 rings (SSSR count). The maximum atomic E-state index is 12.4. The van der Waals surface area contributed by atoms with Gasteiger partial charge in [0.05, 0.1) is 4.90 Å². The SMILES string of the molecule is Cl.N=C(N)c1ccc(S(=O)(=O)NCCc2ccc(OCC(=O)O)c(OCC(=O)O)c2)cc1. The molecule has 2 aromatic rings. The quantitative estimate of drug-likeness (QED) is 0.213. The van der Waals surface area contributed by atoms with Crippen molar-refractivity contribution in [2.45, 2.75) is 11.3 Å². The van der Waals surface area contributed by atoms with Gasteiger partial charge in [-0.25, -0.2) is 22.7 Å². The predicted molar refractivity (Wildman–Crippen MR) is 116 cm³/mol. The van der Waals surface area contributed by atoms with Gasteiger partial charge in [0.15, 0.2) is 24.7 Å². The van der Waals surface area contributed by atoms with Gasteiger partial charge < -0.3 is 25.4 Å². The number of carboxylic acid groups (broad SMARTS) is 2. The van der Waals surface area contributed by atoms with Crippen molar-refractivity contribution < 1.29 is 37.7 Å². The lowest BCUT2D eigenvalue weighted by Gasteiger charge is -2.13. The minimum absolute atomic E-state index is 0. The minimum atomic E-state index is -3.79. The third-order valence-electron chi connectivity index (χ3n) is 3.89. The Morgan fingerprint density at radius 1 is 0.969 bits per heavy atom. The summed E-state index contributed by atoms with van der Waals surface area (Å²) in [5, 5.41) is 24.8. The van der Waals surface area contributed by atoms with Crippen molar-refractivity contribution >= 4 is 40.2 Å². The number of nitrogens with one attached hydrogen (secondary N) is 2. The lowest BCUT2D eigenvalue weighted by Crippen LogP contribution is -2.26. The Kier molecular flexibility index (Phi) is 9.91. The number of hydrogen-bond donors (Lipinski definition) is 5. The van der Waals surface area contributed by atoms with Crippen molar-refractivity contribution in [3.05, 3.63) is 53.6 Å². The van der Waals surface area contributed by atoms with E-state index in [1.54, 1.807) is 6.07 Å². The average Bonchev–Trinajstić information content (AvgIpc) is 2.71. The minimum Gasteiger partial charge on any atom is -0.479 e. The van der Waals surface area contributed by atoms with E-state index in [1.165, 1.54) is 36.4 Å². The number of nitrogen functional groups attached to an aromatic ring is 1. The maximum absolute atomic E-state index is 12.4. The summed E-state index contributed by atoms with van der Waals surface area (Å²) in [5.41, 5.74) is 6.36. The molecule has 0 aliphatic rings. The summed E-state index contributed by atoms with van der Waals surface area (Å²) < 4.78 is 37.4. The van der Waals surface area contributed by atoms with E-state index in [4.69, 9.17) is 30.8 Å². The fraction of sp³-hybridized carbons (Fsp3) is 0.211. The number of amidine groups is 1. The Labute approximate surface area is 190 Å². The van der Waals surface area contributed by atoms with Crippen LogP contribution >= 0.6 is 12.4 Å². The molecule has 0 bridgehead atoms. The molecular weight excluding hydrogens is 466 g/mol. The lowest BCUT2D eigenvalue weighted by molar-refractivity contribution is -0.140. The molecule has 0 heterocycles. The molecule has 0 spiro atoms. The van der Waals surface area contributed by atoms with Crippen LogP contribution in [0.25, 0.3) is 0 Å². The van der Waals surface area contributed by atoms with Gasteiger partial charge in [-0.05, 0) is 48.4 Å². The zero-order valence-corrected chi connectivity index (χ0v) is 18.2. The summed E-state index contributed by atoms with van der Waals surface area (Å²) >= 11 is 0. The van der Waals surface area contributed by atoms with E-state index in [2.05, 4.69) is 4.72 Å². The number of sulfonamides is 1. The molecule has 0 unspecified atom stereocenters. The van der Waals surface area contributed by atoms with Gasteiger partial charge in [-0.2, -0.15) is 0 Å². The van der Waals surface area contributed by atoms with Crippen molar-refractivity contribution in [2.75, 3.05) is 19.8 Å². The van der Waals surface area contributed by atoms with Crippen LogP contribution in [0.5, 0.6) is 11.5 Å². The predicted octanol–water partition coefficient (Wildman–Crippen LogP) is 0.840. The Hall–Kier alpha value is -3.35. The van der Waals surface area contributed by atoms with E-state index < -0.39 is 35.2 Å². The molecule has 2 aromatic carbocycles. The zero-order chi connectivity index (χ0) is 23.0. The summed E-state index contributed by atoms with van der Waals surface area (Å²) in [5.74, 6) is -2.52. The molecule has 0 saturated carbocycles. The molecule has 0 fully saturated rings. The molecule has 0 aliphatic carbocycles. The molecule has 11 nitrogen and oxygen atoms in total. The summed E-state index contributed by atoms with van der Waals surface area (Å²) in [6, 6.07) is 10.00. The standard InChI is InChI=1S/C19H21N3O8S.ClH/c20-19(21)13-2-4-14(5-3-13)31(27,28)22-8-7-12-1-6-15(29-10-17(23)24)16(9-12)30-11-18(25)26;/h1-6,9,22H,7-8,10-11H2,(H3,20,21)(H,23,24)(H,25,26);1H. The first-order chi connectivity index (χ1) is 14.6. The first-order valence-electron chi connectivity index (χ1n) is 8.84. The molecule has 32 heavy (non-hydrogen) atoms. The highest BCUT2D eigenvalue weighted by Gasteiger charge is 2.15. The number of ether oxygens (including phenoxy) is 2. The van der Waals surface area contributed by atoms with Gasteiger partial charge in [0.2, 0.25) is 10.0 Å². The number of nitrogens with two attached hydrogens (primary N) is 1. The van der Waals surface area contributed by atoms with Crippen molar-refractivity contribution in [1.82, 2.24) is 4.72 Å². The van der Waals surface area contributed by atoms with Crippen molar-refractivity contribution in [3.8, 4) is 11.5 Å². The third-order valence-corrected chi connectivity index (χ3v) is 5.37. The van der Waals surface area contributed by atoms with E-state index in [0.29, 0.717) is 11.1 Å². The van der Waals surface area contributed by atoms with Gasteiger partial charge in [-0.1, -0.05) is 6.07 Å². The van der Waals surface area contributed by atoms with Crippen LogP contribution in [0.4, 0.5) is 0 Å². The second-order valence-corrected chi connectivity index (χ2v) is 8.00. The molecule has 0 aliphatic heterocycles. The van der Waals surface area contributed by atoms with E-state index in [9.17, 15) is 18.0 Å². The maximum Gasteiger partial charge on any atom is 0.341 e. The van der Waals surface area contributed by atoms with E-state index in [1.807, 2.05) is 0 Å². The Bertz CT molecular complexity index is 1070. The van der Waals surface area contributed by atoms with Crippen LogP contribution in [-0.4, -0.2) is 56.2 Å². The fourth-order valence-corrected chi connectivity index (χ4v) is 3.48. The fourth-order valence-electron chi connectivity index (χ4n) is 2.45. The van der Waals surface area contributed by atoms with Crippen LogP contribution in [0.1, 0.15) is 11.1 Å². The number of aliphatic carboxylic acids is 2. The van der Waals surface area contributed by atoms with Gasteiger partial charge in [0.1, 0.15) is 5.84 Å². The van der Waals surface area contributed by atoms with Crippen LogP contribution < -0.4 is 19.9 Å². The lowest BCUT2D eigenvalue weighted by atomic mass is 10.1. The van der Waals surface area contributed by atoms with Gasteiger partial charge in [-0.15, -0.1) is 12.4 Å². The second-order valence-electron chi connectivity index (χ2n) is 6.23. The van der Waals surface area contributed by atoms with Gasteiger partial charge in [0, 0.05) is 12.1 Å². The topological polar surface area (TPSA) is 189 Å². The number of rotatable bonds is 12. The second kappa shape index (κ2) is 11.9. The first-order valence-corrected chi connectivity index (χ1v) is 10.3. The third kappa shape index (κ3) is 8.06.